The van der Waals surface area contributed by atoms with Gasteiger partial charge >= 0.3 is 24.7 Å². The van der Waals surface area contributed by atoms with Gasteiger partial charge in [-0.05, 0) is 6.07 Å². The summed E-state index contributed by atoms with van der Waals surface area (Å²) in [6.45, 7) is 0. The van der Waals surface area contributed by atoms with Crippen molar-refractivity contribution in [3.05, 3.63) is 43.6 Å². The number of aliphatic imine (C=N–C) groups is 1. The van der Waals surface area contributed by atoms with Gasteiger partial charge in [-0.1, -0.05) is 23.4 Å². The highest BCUT2D eigenvalue weighted by molar-refractivity contribution is 8.17. The van der Waals surface area contributed by atoms with E-state index in [1.54, 1.807) is 0 Å². The third-order valence-corrected chi connectivity index (χ3v) is 5.27. The molecule has 0 saturated carbocycles. The molecule has 190 valence electrons. The van der Waals surface area contributed by atoms with Gasteiger partial charge in [0.15, 0.2) is 5.17 Å². The van der Waals surface area contributed by atoms with Gasteiger partial charge in [-0.25, -0.2) is 9.38 Å². The largest absolute Gasteiger partial charge is 0.443 e. The quantitative estimate of drug-likeness (QED) is 0.233. The number of nitro groups is 1. The number of halogens is 14. The number of allylic oxidation sites excluding steroid dienone is 1. The molecule has 1 N–H and O–H groups in total. The second-order valence-electron chi connectivity index (χ2n) is 6.09. The molecule has 34 heavy (non-hydrogen) atoms. The zero-order valence-corrected chi connectivity index (χ0v) is 16.6. The Morgan fingerprint density at radius 1 is 1.00 bits per heavy atom. The first-order valence-electron chi connectivity index (χ1n) is 7.74. The Balaban J connectivity index is 2.78. The van der Waals surface area contributed by atoms with Gasteiger partial charge < -0.3 is 5.32 Å². The van der Waals surface area contributed by atoms with Crippen LogP contribution in [0.1, 0.15) is 5.56 Å². The number of nitro benzene ring substituents is 1. The van der Waals surface area contributed by atoms with Gasteiger partial charge in [-0.15, -0.1) is 0 Å². The van der Waals surface area contributed by atoms with E-state index in [1.807, 2.05) is 0 Å². The molecule has 1 aromatic rings. The highest BCUT2D eigenvalue weighted by atomic mass is 35.5. The Morgan fingerprint density at radius 3 is 1.88 bits per heavy atom. The molecule has 0 amide bonds. The van der Waals surface area contributed by atoms with Gasteiger partial charge in [0, 0.05) is 6.07 Å². The number of rotatable bonds is 2. The Hall–Kier alpha value is -2.44. The maximum absolute atomic E-state index is 13.7. The second-order valence-corrected chi connectivity index (χ2v) is 7.50. The summed E-state index contributed by atoms with van der Waals surface area (Å²) in [5.74, 6) is -3.81. The molecule has 0 radical (unpaired) electrons. The summed E-state index contributed by atoms with van der Waals surface area (Å²) in [5.41, 5.74) is -10.5. The summed E-state index contributed by atoms with van der Waals surface area (Å²) in [6, 6.07) is -0.172. The molecule has 2 rings (SSSR count). The average Bonchev–Trinajstić information content (AvgIpc) is 2.99. The smallest absolute Gasteiger partial charge is 0.329 e. The van der Waals surface area contributed by atoms with E-state index in [0.717, 1.165) is 0 Å². The minimum atomic E-state index is -6.71. The maximum atomic E-state index is 13.7. The van der Waals surface area contributed by atoms with Gasteiger partial charge in [0.1, 0.15) is 5.69 Å². The Kier molecular flexibility index (Phi) is 6.83. The van der Waals surface area contributed by atoms with Crippen LogP contribution >= 0.6 is 23.4 Å². The predicted octanol–water partition coefficient (Wildman–Crippen LogP) is 7.39. The van der Waals surface area contributed by atoms with E-state index in [9.17, 15) is 67.2 Å². The first-order chi connectivity index (χ1) is 15.0. The van der Waals surface area contributed by atoms with Crippen molar-refractivity contribution in [2.45, 2.75) is 30.2 Å². The third kappa shape index (κ3) is 4.84. The lowest BCUT2D eigenvalue weighted by Gasteiger charge is -2.31. The van der Waals surface area contributed by atoms with Crippen LogP contribution in [0.4, 0.5) is 68.5 Å². The highest BCUT2D eigenvalue weighted by Crippen LogP contribution is 2.59. The van der Waals surface area contributed by atoms with Crippen molar-refractivity contribution in [2.75, 3.05) is 5.32 Å². The van der Waals surface area contributed by atoms with Crippen LogP contribution in [0.3, 0.4) is 0 Å². The number of hydrogen-bond donors (Lipinski definition) is 1. The lowest BCUT2D eigenvalue weighted by atomic mass is 9.97. The third-order valence-electron chi connectivity index (χ3n) is 3.89. The molecule has 0 atom stereocenters. The number of anilines is 1. The molecule has 5 nitrogen and oxygen atoms in total. The molecule has 0 fully saturated rings. The number of nitrogens with one attached hydrogen (secondary N) is 1. The average molecular weight is 560 g/mol. The number of alkyl halides is 12. The summed E-state index contributed by atoms with van der Waals surface area (Å²) in [6.07, 6.45) is -25.0. The van der Waals surface area contributed by atoms with Gasteiger partial charge in [0.05, 0.1) is 20.4 Å². The maximum Gasteiger partial charge on any atom is 0.443 e. The topological polar surface area (TPSA) is 67.5 Å². The molecule has 0 saturated heterocycles. The van der Waals surface area contributed by atoms with Crippen LogP contribution in [0.15, 0.2) is 27.9 Å². The SMILES string of the molecule is O=[N+]([O-])c1cc(C(F)(F)F)c(Cl)cc1NC1=NC(C(F)(F)F)(C(F)(F)F)C(=C(F)C(F)(F)F)S1. The molecule has 0 aliphatic carbocycles. The standard InChI is InChI=1S/C14H3ClF13N3O2S/c15-4-2-5(6(31(32)33)1-3(4)11(17,18)19)29-9-30-10(13(23,24)25,14(26,27)28)8(34-9)7(16)12(20,21)22/h1-2H,(H,29,30). The van der Waals surface area contributed by atoms with Crippen molar-refractivity contribution < 1.29 is 62.0 Å². The summed E-state index contributed by atoms with van der Waals surface area (Å²) in [4.78, 5) is 8.61. The van der Waals surface area contributed by atoms with E-state index in [0.29, 0.717) is 0 Å². The van der Waals surface area contributed by atoms with Crippen molar-refractivity contribution >= 4 is 39.9 Å². The fourth-order valence-corrected chi connectivity index (χ4v) is 3.91. The number of nitrogens with zero attached hydrogens (tertiary/aromatic N) is 2. The van der Waals surface area contributed by atoms with Crippen molar-refractivity contribution in [3.63, 3.8) is 0 Å². The van der Waals surface area contributed by atoms with E-state index in [1.165, 1.54) is 5.32 Å². The Labute approximate surface area is 186 Å². The molecule has 1 aromatic carbocycles. The zero-order valence-electron chi connectivity index (χ0n) is 15.1. The second kappa shape index (κ2) is 8.35. The molecule has 20 heteroatoms. The van der Waals surface area contributed by atoms with Crippen LogP contribution in [0, 0.1) is 10.1 Å². The van der Waals surface area contributed by atoms with E-state index in [-0.39, 0.29) is 12.1 Å². The molecule has 0 aromatic heterocycles. The predicted molar refractivity (Wildman–Crippen MR) is 90.8 cm³/mol. The first kappa shape index (κ1) is 27.8. The van der Waals surface area contributed by atoms with E-state index >= 15 is 0 Å². The summed E-state index contributed by atoms with van der Waals surface area (Å²) in [5, 5.41) is 9.34. The van der Waals surface area contributed by atoms with Crippen LogP contribution in [-0.4, -0.2) is 34.2 Å². The summed E-state index contributed by atoms with van der Waals surface area (Å²) >= 11 is 4.14. The van der Waals surface area contributed by atoms with Gasteiger partial charge in [-0.2, -0.15) is 52.7 Å². The van der Waals surface area contributed by atoms with Crippen LogP contribution in [0.5, 0.6) is 0 Å². The molecule has 0 spiro atoms. The molecule has 0 unspecified atom stereocenters. The molecule has 1 aliphatic heterocycles. The van der Waals surface area contributed by atoms with Gasteiger partial charge in [-0.3, -0.25) is 10.1 Å². The monoisotopic (exact) mass is 559 g/mol. The van der Waals surface area contributed by atoms with Crippen LogP contribution in [-0.2, 0) is 6.18 Å². The van der Waals surface area contributed by atoms with E-state index in [4.69, 9.17) is 11.6 Å². The van der Waals surface area contributed by atoms with Crippen molar-refractivity contribution in [3.8, 4) is 0 Å². The van der Waals surface area contributed by atoms with Crippen molar-refractivity contribution in [1.29, 1.82) is 0 Å². The molecule has 1 aliphatic rings. The minimum Gasteiger partial charge on any atom is -0.329 e. The Morgan fingerprint density at radius 2 is 1.50 bits per heavy atom. The lowest BCUT2D eigenvalue weighted by molar-refractivity contribution is -0.384. The number of benzene rings is 1. The Bertz CT molecular complexity index is 1060. The first-order valence-corrected chi connectivity index (χ1v) is 8.94. The highest BCUT2D eigenvalue weighted by Gasteiger charge is 2.77. The van der Waals surface area contributed by atoms with Crippen LogP contribution < -0.4 is 5.32 Å². The number of amidine groups is 1. The van der Waals surface area contributed by atoms with Gasteiger partial charge in [0.2, 0.25) is 5.83 Å². The molecular weight excluding hydrogens is 557 g/mol. The molecule has 0 bridgehead atoms. The van der Waals surface area contributed by atoms with Crippen molar-refractivity contribution in [2.24, 2.45) is 4.99 Å². The van der Waals surface area contributed by atoms with Crippen molar-refractivity contribution in [1.82, 2.24) is 0 Å². The lowest BCUT2D eigenvalue weighted by Crippen LogP contribution is -2.55. The summed E-state index contributed by atoms with van der Waals surface area (Å²) in [7, 11) is 0. The number of thioether (sulfide) groups is 1. The van der Waals surface area contributed by atoms with Crippen LogP contribution in [0.2, 0.25) is 5.02 Å². The number of hydrogen-bond acceptors (Lipinski definition) is 5. The fourth-order valence-electron chi connectivity index (χ4n) is 2.47. The van der Waals surface area contributed by atoms with E-state index in [2.05, 4.69) is 4.99 Å². The van der Waals surface area contributed by atoms with Crippen LogP contribution in [0.25, 0.3) is 0 Å². The molecule has 1 heterocycles. The fraction of sp³-hybridized carbons (Fsp3) is 0.357. The normalized spacial score (nSPS) is 18.6. The molecular formula is C14H3ClF13N3O2S. The zero-order chi connectivity index (χ0) is 26.7. The minimum absolute atomic E-state index is 0.0657. The summed E-state index contributed by atoms with van der Waals surface area (Å²) < 4.78 is 171. The van der Waals surface area contributed by atoms with Gasteiger partial charge in [0.25, 0.3) is 11.2 Å². The van der Waals surface area contributed by atoms with E-state index < -0.39 is 84.8 Å².